The lowest BCUT2D eigenvalue weighted by Crippen LogP contribution is -2.37. The third-order valence-corrected chi connectivity index (χ3v) is 2.56. The summed E-state index contributed by atoms with van der Waals surface area (Å²) >= 11 is 0. The molecule has 0 aromatic heterocycles. The molecular formula is C14H21IN4. The summed E-state index contributed by atoms with van der Waals surface area (Å²) in [6.45, 7) is 3.75. The first-order valence-electron chi connectivity index (χ1n) is 6.23. The molecule has 0 heterocycles. The van der Waals surface area contributed by atoms with Gasteiger partial charge in [0.1, 0.15) is 0 Å². The summed E-state index contributed by atoms with van der Waals surface area (Å²) in [4.78, 5) is 4.15. The van der Waals surface area contributed by atoms with Crippen LogP contribution in [0.5, 0.6) is 0 Å². The number of halogens is 1. The van der Waals surface area contributed by atoms with Crippen molar-refractivity contribution in [3.05, 3.63) is 35.4 Å². The maximum atomic E-state index is 8.82. The molecule has 0 radical (unpaired) electrons. The van der Waals surface area contributed by atoms with Crippen molar-refractivity contribution in [3.8, 4) is 6.07 Å². The molecule has 0 spiro atoms. The fourth-order valence-electron chi connectivity index (χ4n) is 1.54. The van der Waals surface area contributed by atoms with E-state index >= 15 is 0 Å². The van der Waals surface area contributed by atoms with Gasteiger partial charge in [-0.2, -0.15) is 5.26 Å². The van der Waals surface area contributed by atoms with Crippen molar-refractivity contribution in [2.24, 2.45) is 4.99 Å². The van der Waals surface area contributed by atoms with E-state index in [0.717, 1.165) is 30.9 Å². The molecule has 104 valence electrons. The lowest BCUT2D eigenvalue weighted by Gasteiger charge is -2.11. The van der Waals surface area contributed by atoms with Crippen LogP contribution in [0.15, 0.2) is 29.3 Å². The minimum atomic E-state index is 0. The Kier molecular flexibility index (Phi) is 9.90. The molecule has 4 nitrogen and oxygen atoms in total. The van der Waals surface area contributed by atoms with Crippen LogP contribution in [0.3, 0.4) is 0 Å². The normalized spacial score (nSPS) is 10.3. The van der Waals surface area contributed by atoms with E-state index in [2.05, 4.69) is 28.6 Å². The Bertz CT molecular complexity index is 437. The topological polar surface area (TPSA) is 60.2 Å². The summed E-state index contributed by atoms with van der Waals surface area (Å²) in [6.07, 6.45) is 2.29. The fourth-order valence-corrected chi connectivity index (χ4v) is 1.54. The maximum Gasteiger partial charge on any atom is 0.191 e. The Morgan fingerprint density at radius 2 is 2.16 bits per heavy atom. The number of benzene rings is 1. The second-order valence-corrected chi connectivity index (χ2v) is 4.02. The predicted octanol–water partition coefficient (Wildman–Crippen LogP) is 2.64. The molecule has 1 aromatic rings. The van der Waals surface area contributed by atoms with E-state index < -0.39 is 0 Å². The molecule has 0 aliphatic rings. The van der Waals surface area contributed by atoms with Gasteiger partial charge in [0.25, 0.3) is 0 Å². The van der Waals surface area contributed by atoms with E-state index in [4.69, 9.17) is 5.26 Å². The summed E-state index contributed by atoms with van der Waals surface area (Å²) < 4.78 is 0. The highest BCUT2D eigenvalue weighted by molar-refractivity contribution is 14.0. The Labute approximate surface area is 132 Å². The van der Waals surface area contributed by atoms with Gasteiger partial charge >= 0.3 is 0 Å². The largest absolute Gasteiger partial charge is 0.356 e. The average Bonchev–Trinajstić information content (AvgIpc) is 2.43. The SMILES string of the molecule is CCCCNC(=NC)NCc1cccc(C#N)c1.I. The minimum absolute atomic E-state index is 0. The molecule has 0 aliphatic heterocycles. The third kappa shape index (κ3) is 7.01. The van der Waals surface area contributed by atoms with E-state index in [1.165, 1.54) is 0 Å². The van der Waals surface area contributed by atoms with Crippen LogP contribution in [0, 0.1) is 11.3 Å². The van der Waals surface area contributed by atoms with Crippen molar-refractivity contribution in [1.29, 1.82) is 5.26 Å². The monoisotopic (exact) mass is 372 g/mol. The van der Waals surface area contributed by atoms with Gasteiger partial charge in [0.15, 0.2) is 5.96 Å². The first-order chi connectivity index (χ1) is 8.80. The standard InChI is InChI=1S/C14H20N4.HI/c1-3-4-8-17-14(16-2)18-11-13-7-5-6-12(9-13)10-15;/h5-7,9H,3-4,8,11H2,1-2H3,(H2,16,17,18);1H. The lowest BCUT2D eigenvalue weighted by atomic mass is 10.1. The number of rotatable bonds is 5. The summed E-state index contributed by atoms with van der Waals surface area (Å²) in [7, 11) is 1.76. The van der Waals surface area contributed by atoms with Crippen molar-refractivity contribution < 1.29 is 0 Å². The highest BCUT2D eigenvalue weighted by Crippen LogP contribution is 2.03. The molecule has 0 saturated heterocycles. The molecule has 1 aromatic carbocycles. The molecule has 0 aliphatic carbocycles. The fraction of sp³-hybridized carbons (Fsp3) is 0.429. The van der Waals surface area contributed by atoms with Gasteiger partial charge in [-0.3, -0.25) is 4.99 Å². The van der Waals surface area contributed by atoms with Crippen LogP contribution >= 0.6 is 24.0 Å². The van der Waals surface area contributed by atoms with Crippen molar-refractivity contribution in [2.75, 3.05) is 13.6 Å². The number of guanidine groups is 1. The van der Waals surface area contributed by atoms with Gasteiger partial charge in [0, 0.05) is 20.1 Å². The van der Waals surface area contributed by atoms with Crippen LogP contribution in [0.2, 0.25) is 0 Å². The average molecular weight is 372 g/mol. The van der Waals surface area contributed by atoms with E-state index in [9.17, 15) is 0 Å². The molecule has 0 amide bonds. The quantitative estimate of drug-likeness (QED) is 0.362. The second kappa shape index (κ2) is 10.6. The molecule has 1 rings (SSSR count). The lowest BCUT2D eigenvalue weighted by molar-refractivity contribution is 0.729. The first kappa shape index (κ1) is 17.7. The molecule has 0 bridgehead atoms. The van der Waals surface area contributed by atoms with E-state index in [-0.39, 0.29) is 24.0 Å². The minimum Gasteiger partial charge on any atom is -0.356 e. The van der Waals surface area contributed by atoms with Crippen LogP contribution in [-0.4, -0.2) is 19.6 Å². The number of hydrogen-bond acceptors (Lipinski definition) is 2. The second-order valence-electron chi connectivity index (χ2n) is 4.02. The van der Waals surface area contributed by atoms with Crippen LogP contribution in [0.25, 0.3) is 0 Å². The molecule has 5 heteroatoms. The molecule has 0 saturated carbocycles. The van der Waals surface area contributed by atoms with Crippen molar-refractivity contribution in [1.82, 2.24) is 10.6 Å². The number of nitriles is 1. The first-order valence-corrected chi connectivity index (χ1v) is 6.23. The zero-order chi connectivity index (χ0) is 13.2. The van der Waals surface area contributed by atoms with E-state index in [1.54, 1.807) is 13.1 Å². The van der Waals surface area contributed by atoms with Crippen molar-refractivity contribution >= 4 is 29.9 Å². The molecule has 0 fully saturated rings. The number of unbranched alkanes of at least 4 members (excludes halogenated alkanes) is 1. The number of nitrogens with one attached hydrogen (secondary N) is 2. The van der Waals surface area contributed by atoms with Crippen molar-refractivity contribution in [3.63, 3.8) is 0 Å². The third-order valence-electron chi connectivity index (χ3n) is 2.56. The van der Waals surface area contributed by atoms with Crippen molar-refractivity contribution in [2.45, 2.75) is 26.3 Å². The zero-order valence-electron chi connectivity index (χ0n) is 11.4. The number of aliphatic imine (C=N–C) groups is 1. The Balaban J connectivity index is 0.00000324. The van der Waals surface area contributed by atoms with Crippen LogP contribution < -0.4 is 10.6 Å². The van der Waals surface area contributed by atoms with Crippen LogP contribution in [-0.2, 0) is 6.54 Å². The van der Waals surface area contributed by atoms with Crippen LogP contribution in [0.1, 0.15) is 30.9 Å². The van der Waals surface area contributed by atoms with E-state index in [0.29, 0.717) is 12.1 Å². The Morgan fingerprint density at radius 3 is 2.79 bits per heavy atom. The number of nitrogens with zero attached hydrogens (tertiary/aromatic N) is 2. The number of hydrogen-bond donors (Lipinski definition) is 2. The van der Waals surface area contributed by atoms with E-state index in [1.807, 2.05) is 18.2 Å². The predicted molar refractivity (Wildman–Crippen MR) is 89.7 cm³/mol. The summed E-state index contributed by atoms with van der Waals surface area (Å²) in [6, 6.07) is 9.71. The highest BCUT2D eigenvalue weighted by Gasteiger charge is 1.98. The van der Waals surface area contributed by atoms with Crippen LogP contribution in [0.4, 0.5) is 0 Å². The Hall–Kier alpha value is -1.29. The Morgan fingerprint density at radius 1 is 1.37 bits per heavy atom. The zero-order valence-corrected chi connectivity index (χ0v) is 13.8. The molecule has 19 heavy (non-hydrogen) atoms. The summed E-state index contributed by atoms with van der Waals surface area (Å²) in [5, 5.41) is 15.3. The molecule has 2 N–H and O–H groups in total. The van der Waals surface area contributed by atoms with Gasteiger partial charge in [-0.25, -0.2) is 0 Å². The highest BCUT2D eigenvalue weighted by atomic mass is 127. The van der Waals surface area contributed by atoms with Gasteiger partial charge in [-0.05, 0) is 24.1 Å². The van der Waals surface area contributed by atoms with Gasteiger partial charge in [-0.1, -0.05) is 25.5 Å². The van der Waals surface area contributed by atoms with Gasteiger partial charge in [0.2, 0.25) is 0 Å². The van der Waals surface area contributed by atoms with Gasteiger partial charge < -0.3 is 10.6 Å². The molecule has 0 atom stereocenters. The molecular weight excluding hydrogens is 351 g/mol. The maximum absolute atomic E-state index is 8.82. The molecule has 0 unspecified atom stereocenters. The van der Waals surface area contributed by atoms with Gasteiger partial charge in [0.05, 0.1) is 11.6 Å². The summed E-state index contributed by atoms with van der Waals surface area (Å²) in [5.74, 6) is 0.797. The van der Waals surface area contributed by atoms with Gasteiger partial charge in [-0.15, -0.1) is 24.0 Å². The smallest absolute Gasteiger partial charge is 0.191 e. The summed E-state index contributed by atoms with van der Waals surface area (Å²) in [5.41, 5.74) is 1.76.